The van der Waals surface area contributed by atoms with Gasteiger partial charge >= 0.3 is 0 Å². The number of phenolic OH excluding ortho intramolecular Hbond substituents is 1. The third kappa shape index (κ3) is 7.16. The van der Waals surface area contributed by atoms with E-state index < -0.39 is 0 Å². The van der Waals surface area contributed by atoms with Gasteiger partial charge in [0.15, 0.2) is 5.96 Å². The Kier molecular flexibility index (Phi) is 9.14. The van der Waals surface area contributed by atoms with Gasteiger partial charge in [0.05, 0.1) is 6.54 Å². The highest BCUT2D eigenvalue weighted by Gasteiger charge is 1.99. The molecule has 2 aromatic carbocycles. The third-order valence-corrected chi connectivity index (χ3v) is 3.29. The maximum absolute atomic E-state index is 12.9. The first kappa shape index (κ1) is 20.2. The van der Waals surface area contributed by atoms with Crippen LogP contribution in [0.5, 0.6) is 5.75 Å². The highest BCUT2D eigenvalue weighted by molar-refractivity contribution is 14.0. The van der Waals surface area contributed by atoms with E-state index in [1.54, 1.807) is 24.3 Å². The van der Waals surface area contributed by atoms with Crippen LogP contribution < -0.4 is 10.6 Å². The Morgan fingerprint density at radius 1 is 1.08 bits per heavy atom. The SMILES string of the molecule is CCNC(=NCc1ccc(F)cc1)NCCc1cccc(O)c1.I. The van der Waals surface area contributed by atoms with E-state index in [2.05, 4.69) is 15.6 Å². The molecule has 0 saturated heterocycles. The lowest BCUT2D eigenvalue weighted by atomic mass is 10.1. The fourth-order valence-electron chi connectivity index (χ4n) is 2.14. The standard InChI is InChI=1S/C18H22FN3O.HI/c1-2-20-18(22-13-15-6-8-16(19)9-7-15)21-11-10-14-4-3-5-17(23)12-14;/h3-9,12,23H,2,10-11,13H2,1H3,(H2,20,21,22);1H. The molecule has 0 aliphatic rings. The number of aliphatic imine (C=N–C) groups is 1. The van der Waals surface area contributed by atoms with Gasteiger partial charge in [0, 0.05) is 13.1 Å². The Balaban J connectivity index is 0.00000288. The first-order valence-electron chi connectivity index (χ1n) is 7.72. The predicted molar refractivity (Wildman–Crippen MR) is 106 cm³/mol. The minimum atomic E-state index is -0.242. The van der Waals surface area contributed by atoms with Gasteiger partial charge in [-0.3, -0.25) is 0 Å². The van der Waals surface area contributed by atoms with Gasteiger partial charge in [-0.25, -0.2) is 9.38 Å². The molecular formula is C18H23FIN3O. The van der Waals surface area contributed by atoms with Crippen molar-refractivity contribution in [2.45, 2.75) is 19.9 Å². The fourth-order valence-corrected chi connectivity index (χ4v) is 2.14. The second-order valence-corrected chi connectivity index (χ2v) is 5.17. The highest BCUT2D eigenvalue weighted by Crippen LogP contribution is 2.10. The van der Waals surface area contributed by atoms with Crippen LogP contribution in [0.1, 0.15) is 18.1 Å². The molecule has 0 fully saturated rings. The maximum atomic E-state index is 12.9. The summed E-state index contributed by atoms with van der Waals surface area (Å²) in [5.41, 5.74) is 2.02. The van der Waals surface area contributed by atoms with Crippen LogP contribution in [0.25, 0.3) is 0 Å². The predicted octanol–water partition coefficient (Wildman–Crippen LogP) is 3.45. The van der Waals surface area contributed by atoms with E-state index in [-0.39, 0.29) is 35.5 Å². The molecule has 0 aromatic heterocycles. The van der Waals surface area contributed by atoms with Crippen molar-refractivity contribution in [2.24, 2.45) is 4.99 Å². The number of benzene rings is 2. The number of guanidine groups is 1. The second-order valence-electron chi connectivity index (χ2n) is 5.17. The Morgan fingerprint density at radius 2 is 1.83 bits per heavy atom. The Labute approximate surface area is 159 Å². The molecule has 0 bridgehead atoms. The summed E-state index contributed by atoms with van der Waals surface area (Å²) in [6.45, 7) is 3.96. The molecule has 4 nitrogen and oxygen atoms in total. The monoisotopic (exact) mass is 443 g/mol. The molecule has 130 valence electrons. The fraction of sp³-hybridized carbons (Fsp3) is 0.278. The number of halogens is 2. The molecule has 0 saturated carbocycles. The van der Waals surface area contributed by atoms with Crippen molar-refractivity contribution in [3.05, 3.63) is 65.5 Å². The molecular weight excluding hydrogens is 420 g/mol. The summed E-state index contributed by atoms with van der Waals surface area (Å²) in [6, 6.07) is 13.6. The maximum Gasteiger partial charge on any atom is 0.191 e. The number of hydrogen-bond donors (Lipinski definition) is 3. The second kappa shape index (κ2) is 10.9. The van der Waals surface area contributed by atoms with Crippen LogP contribution in [0.4, 0.5) is 4.39 Å². The summed E-state index contributed by atoms with van der Waals surface area (Å²) in [4.78, 5) is 4.48. The third-order valence-electron chi connectivity index (χ3n) is 3.29. The van der Waals surface area contributed by atoms with Crippen LogP contribution in [-0.2, 0) is 13.0 Å². The van der Waals surface area contributed by atoms with E-state index >= 15 is 0 Å². The Bertz CT molecular complexity index is 647. The first-order valence-corrected chi connectivity index (χ1v) is 7.72. The highest BCUT2D eigenvalue weighted by atomic mass is 127. The van der Waals surface area contributed by atoms with Crippen molar-refractivity contribution in [3.63, 3.8) is 0 Å². The Hall–Kier alpha value is -1.83. The molecule has 2 aromatic rings. The zero-order valence-corrected chi connectivity index (χ0v) is 16.0. The molecule has 0 amide bonds. The lowest BCUT2D eigenvalue weighted by molar-refractivity contribution is 0.474. The van der Waals surface area contributed by atoms with Crippen molar-refractivity contribution < 1.29 is 9.50 Å². The summed E-state index contributed by atoms with van der Waals surface area (Å²) in [7, 11) is 0. The summed E-state index contributed by atoms with van der Waals surface area (Å²) >= 11 is 0. The average molecular weight is 443 g/mol. The normalized spacial score (nSPS) is 10.8. The zero-order chi connectivity index (χ0) is 16.5. The lowest BCUT2D eigenvalue weighted by Gasteiger charge is -2.11. The summed E-state index contributed by atoms with van der Waals surface area (Å²) in [5.74, 6) is 0.755. The van der Waals surface area contributed by atoms with Crippen LogP contribution in [0, 0.1) is 5.82 Å². The largest absolute Gasteiger partial charge is 0.508 e. The molecule has 0 aliphatic heterocycles. The van der Waals surface area contributed by atoms with Crippen molar-refractivity contribution in [2.75, 3.05) is 13.1 Å². The minimum absolute atomic E-state index is 0. The van der Waals surface area contributed by atoms with Crippen molar-refractivity contribution >= 4 is 29.9 Å². The van der Waals surface area contributed by atoms with Gasteiger partial charge in [0.1, 0.15) is 11.6 Å². The van der Waals surface area contributed by atoms with Gasteiger partial charge < -0.3 is 15.7 Å². The van der Waals surface area contributed by atoms with Crippen molar-refractivity contribution in [1.29, 1.82) is 0 Å². The van der Waals surface area contributed by atoms with Crippen molar-refractivity contribution in [3.8, 4) is 5.75 Å². The van der Waals surface area contributed by atoms with E-state index in [4.69, 9.17) is 0 Å². The van der Waals surface area contributed by atoms with E-state index in [9.17, 15) is 9.50 Å². The lowest BCUT2D eigenvalue weighted by Crippen LogP contribution is -2.38. The summed E-state index contributed by atoms with van der Waals surface area (Å²) in [6.07, 6.45) is 0.787. The van der Waals surface area contributed by atoms with Crippen molar-refractivity contribution in [1.82, 2.24) is 10.6 Å². The average Bonchev–Trinajstić information content (AvgIpc) is 2.54. The molecule has 0 unspecified atom stereocenters. The molecule has 6 heteroatoms. The van der Waals surface area contributed by atoms with Crippen LogP contribution in [0.3, 0.4) is 0 Å². The van der Waals surface area contributed by atoms with Crippen LogP contribution in [0.2, 0.25) is 0 Å². The number of nitrogens with one attached hydrogen (secondary N) is 2. The van der Waals surface area contributed by atoms with Gasteiger partial charge in [-0.2, -0.15) is 0 Å². The smallest absolute Gasteiger partial charge is 0.191 e. The van der Waals surface area contributed by atoms with Gasteiger partial charge in [0.25, 0.3) is 0 Å². The van der Waals surface area contributed by atoms with E-state index in [0.717, 1.165) is 30.1 Å². The van der Waals surface area contributed by atoms with Crippen LogP contribution in [-0.4, -0.2) is 24.2 Å². The number of aromatic hydroxyl groups is 1. The van der Waals surface area contributed by atoms with Gasteiger partial charge in [-0.05, 0) is 48.7 Å². The molecule has 0 heterocycles. The number of rotatable bonds is 6. The van der Waals surface area contributed by atoms with Crippen LogP contribution >= 0.6 is 24.0 Å². The molecule has 24 heavy (non-hydrogen) atoms. The van der Waals surface area contributed by atoms with Gasteiger partial charge in [-0.1, -0.05) is 24.3 Å². The molecule has 0 aliphatic carbocycles. The first-order chi connectivity index (χ1) is 11.2. The van der Waals surface area contributed by atoms with E-state index in [1.807, 2.05) is 19.1 Å². The number of nitrogens with zero attached hydrogens (tertiary/aromatic N) is 1. The summed E-state index contributed by atoms with van der Waals surface area (Å²) < 4.78 is 12.9. The topological polar surface area (TPSA) is 56.7 Å². The Morgan fingerprint density at radius 3 is 2.50 bits per heavy atom. The molecule has 0 atom stereocenters. The quantitative estimate of drug-likeness (QED) is 0.364. The van der Waals surface area contributed by atoms with Gasteiger partial charge in [0.2, 0.25) is 0 Å². The minimum Gasteiger partial charge on any atom is -0.508 e. The molecule has 0 radical (unpaired) electrons. The number of phenols is 1. The van der Waals surface area contributed by atoms with Crippen LogP contribution in [0.15, 0.2) is 53.5 Å². The summed E-state index contributed by atoms with van der Waals surface area (Å²) in [5, 5.41) is 15.9. The number of hydrogen-bond acceptors (Lipinski definition) is 2. The van der Waals surface area contributed by atoms with E-state index in [1.165, 1.54) is 12.1 Å². The van der Waals surface area contributed by atoms with Gasteiger partial charge in [-0.15, -0.1) is 24.0 Å². The van der Waals surface area contributed by atoms with E-state index in [0.29, 0.717) is 13.1 Å². The zero-order valence-electron chi connectivity index (χ0n) is 13.6. The molecule has 2 rings (SSSR count). The molecule has 3 N–H and O–H groups in total. The molecule has 0 spiro atoms.